The summed E-state index contributed by atoms with van der Waals surface area (Å²) < 4.78 is 5.05. The minimum atomic E-state index is -0.0874. The van der Waals surface area contributed by atoms with E-state index in [1.54, 1.807) is 12.5 Å². The second-order valence-corrected chi connectivity index (χ2v) is 4.03. The lowest BCUT2D eigenvalue weighted by Crippen LogP contribution is -2.11. The summed E-state index contributed by atoms with van der Waals surface area (Å²) in [7, 11) is 0. The first-order valence-corrected chi connectivity index (χ1v) is 5.67. The van der Waals surface area contributed by atoms with Crippen molar-refractivity contribution in [2.75, 3.05) is 0 Å². The molecule has 1 atom stereocenters. The Bertz CT molecular complexity index is 434. The van der Waals surface area contributed by atoms with Crippen molar-refractivity contribution < 1.29 is 4.42 Å². The van der Waals surface area contributed by atoms with Gasteiger partial charge in [0.1, 0.15) is 0 Å². The molecule has 16 heavy (non-hydrogen) atoms. The number of rotatable bonds is 4. The van der Waals surface area contributed by atoms with Crippen LogP contribution >= 0.6 is 0 Å². The number of furan rings is 1. The molecule has 0 amide bonds. The van der Waals surface area contributed by atoms with Gasteiger partial charge in [0.15, 0.2) is 0 Å². The minimum Gasteiger partial charge on any atom is -0.472 e. The van der Waals surface area contributed by atoms with Crippen molar-refractivity contribution in [3.63, 3.8) is 0 Å². The van der Waals surface area contributed by atoms with Gasteiger partial charge in [-0.2, -0.15) is 0 Å². The zero-order chi connectivity index (χ0) is 11.4. The Balaban J connectivity index is 2.23. The van der Waals surface area contributed by atoms with E-state index in [4.69, 9.17) is 10.2 Å². The molecule has 0 aliphatic rings. The van der Waals surface area contributed by atoms with Crippen LogP contribution in [0.2, 0.25) is 0 Å². The topological polar surface area (TPSA) is 39.2 Å². The fraction of sp³-hybridized carbons (Fsp3) is 0.286. The fourth-order valence-electron chi connectivity index (χ4n) is 1.88. The Morgan fingerprint density at radius 1 is 1.25 bits per heavy atom. The molecule has 1 aromatic heterocycles. The van der Waals surface area contributed by atoms with Gasteiger partial charge in [-0.3, -0.25) is 0 Å². The zero-order valence-corrected chi connectivity index (χ0v) is 9.52. The SMILES string of the molecule is CCCc1cccc(C(N)c2ccoc2)c1. The van der Waals surface area contributed by atoms with Crippen molar-refractivity contribution in [2.45, 2.75) is 25.8 Å². The van der Waals surface area contributed by atoms with Crippen LogP contribution in [0.1, 0.15) is 36.1 Å². The molecule has 1 unspecified atom stereocenters. The van der Waals surface area contributed by atoms with E-state index in [9.17, 15) is 0 Å². The summed E-state index contributed by atoms with van der Waals surface area (Å²) in [5.74, 6) is 0. The van der Waals surface area contributed by atoms with Crippen LogP contribution in [0.5, 0.6) is 0 Å². The van der Waals surface area contributed by atoms with E-state index >= 15 is 0 Å². The average Bonchev–Trinajstić information content (AvgIpc) is 2.82. The standard InChI is InChI=1S/C14H17NO/c1-2-4-11-5-3-6-12(9-11)14(15)13-7-8-16-10-13/h3,5-10,14H,2,4,15H2,1H3. The summed E-state index contributed by atoms with van der Waals surface area (Å²) in [5.41, 5.74) is 9.68. The van der Waals surface area contributed by atoms with Crippen LogP contribution in [0.3, 0.4) is 0 Å². The van der Waals surface area contributed by atoms with Crippen molar-refractivity contribution in [2.24, 2.45) is 5.73 Å². The second-order valence-electron chi connectivity index (χ2n) is 4.03. The molecule has 0 aliphatic heterocycles. The molecule has 1 aromatic carbocycles. The average molecular weight is 215 g/mol. The highest BCUT2D eigenvalue weighted by atomic mass is 16.3. The normalized spacial score (nSPS) is 12.6. The Labute approximate surface area is 96.1 Å². The lowest BCUT2D eigenvalue weighted by atomic mass is 9.99. The van der Waals surface area contributed by atoms with Crippen LogP contribution < -0.4 is 5.73 Å². The zero-order valence-electron chi connectivity index (χ0n) is 9.52. The summed E-state index contributed by atoms with van der Waals surface area (Å²) in [6.07, 6.45) is 5.62. The molecule has 2 nitrogen and oxygen atoms in total. The highest BCUT2D eigenvalue weighted by Gasteiger charge is 2.09. The molecule has 0 aliphatic carbocycles. The molecule has 0 fully saturated rings. The first kappa shape index (κ1) is 11.0. The lowest BCUT2D eigenvalue weighted by molar-refractivity contribution is 0.562. The van der Waals surface area contributed by atoms with Gasteiger partial charge in [-0.1, -0.05) is 37.6 Å². The molecular formula is C14H17NO. The number of hydrogen-bond donors (Lipinski definition) is 1. The van der Waals surface area contributed by atoms with Gasteiger partial charge in [-0.25, -0.2) is 0 Å². The third-order valence-corrected chi connectivity index (χ3v) is 2.75. The van der Waals surface area contributed by atoms with Gasteiger partial charge in [-0.05, 0) is 23.6 Å². The van der Waals surface area contributed by atoms with Crippen LogP contribution in [0.4, 0.5) is 0 Å². The van der Waals surface area contributed by atoms with Crippen molar-refractivity contribution >= 4 is 0 Å². The number of aryl methyl sites for hydroxylation is 1. The monoisotopic (exact) mass is 215 g/mol. The Morgan fingerprint density at radius 3 is 2.81 bits per heavy atom. The third-order valence-electron chi connectivity index (χ3n) is 2.75. The van der Waals surface area contributed by atoms with E-state index in [-0.39, 0.29) is 6.04 Å². The molecule has 0 bridgehead atoms. The molecule has 2 rings (SSSR count). The molecule has 1 heterocycles. The molecule has 0 radical (unpaired) electrons. The highest BCUT2D eigenvalue weighted by molar-refractivity contribution is 5.32. The first-order chi connectivity index (χ1) is 7.81. The van der Waals surface area contributed by atoms with E-state index in [0.717, 1.165) is 24.0 Å². The van der Waals surface area contributed by atoms with Gasteiger partial charge >= 0.3 is 0 Å². The summed E-state index contributed by atoms with van der Waals surface area (Å²) in [5, 5.41) is 0. The fourth-order valence-corrected chi connectivity index (χ4v) is 1.88. The first-order valence-electron chi connectivity index (χ1n) is 5.67. The van der Waals surface area contributed by atoms with Gasteiger partial charge in [0, 0.05) is 5.56 Å². The quantitative estimate of drug-likeness (QED) is 0.850. The second kappa shape index (κ2) is 4.99. The van der Waals surface area contributed by atoms with Gasteiger partial charge in [0.05, 0.1) is 18.6 Å². The molecule has 2 aromatic rings. The van der Waals surface area contributed by atoms with Gasteiger partial charge < -0.3 is 10.2 Å². The van der Waals surface area contributed by atoms with E-state index in [2.05, 4.69) is 31.2 Å². The van der Waals surface area contributed by atoms with Crippen molar-refractivity contribution in [3.8, 4) is 0 Å². The Kier molecular flexibility index (Phi) is 3.42. The molecular weight excluding hydrogens is 198 g/mol. The maximum Gasteiger partial charge on any atom is 0.0953 e. The summed E-state index contributed by atoms with van der Waals surface area (Å²) in [6, 6.07) is 10.3. The van der Waals surface area contributed by atoms with E-state index < -0.39 is 0 Å². The predicted molar refractivity (Wildman–Crippen MR) is 65.2 cm³/mol. The molecule has 0 spiro atoms. The van der Waals surface area contributed by atoms with Crippen LogP contribution in [0.15, 0.2) is 47.3 Å². The summed E-state index contributed by atoms with van der Waals surface area (Å²) in [6.45, 7) is 2.18. The van der Waals surface area contributed by atoms with Crippen molar-refractivity contribution in [3.05, 3.63) is 59.5 Å². The number of nitrogens with two attached hydrogens (primary N) is 1. The van der Waals surface area contributed by atoms with Crippen LogP contribution in [-0.4, -0.2) is 0 Å². The van der Waals surface area contributed by atoms with Crippen LogP contribution in [0, 0.1) is 0 Å². The third kappa shape index (κ3) is 2.34. The largest absolute Gasteiger partial charge is 0.472 e. The summed E-state index contributed by atoms with van der Waals surface area (Å²) >= 11 is 0. The smallest absolute Gasteiger partial charge is 0.0953 e. The molecule has 84 valence electrons. The predicted octanol–water partition coefficient (Wildman–Crippen LogP) is 3.28. The number of benzene rings is 1. The van der Waals surface area contributed by atoms with Crippen LogP contribution in [0.25, 0.3) is 0 Å². The maximum atomic E-state index is 6.17. The maximum absolute atomic E-state index is 6.17. The molecule has 2 heteroatoms. The molecule has 2 N–H and O–H groups in total. The van der Waals surface area contributed by atoms with E-state index in [1.807, 2.05) is 6.07 Å². The molecule has 0 saturated carbocycles. The van der Waals surface area contributed by atoms with Crippen LogP contribution in [-0.2, 0) is 6.42 Å². The van der Waals surface area contributed by atoms with Gasteiger partial charge in [-0.15, -0.1) is 0 Å². The Morgan fingerprint density at radius 2 is 2.12 bits per heavy atom. The van der Waals surface area contributed by atoms with Crippen molar-refractivity contribution in [1.29, 1.82) is 0 Å². The summed E-state index contributed by atoms with van der Waals surface area (Å²) in [4.78, 5) is 0. The highest BCUT2D eigenvalue weighted by Crippen LogP contribution is 2.21. The van der Waals surface area contributed by atoms with Crippen molar-refractivity contribution in [1.82, 2.24) is 0 Å². The van der Waals surface area contributed by atoms with Gasteiger partial charge in [0.25, 0.3) is 0 Å². The minimum absolute atomic E-state index is 0.0874. The number of hydrogen-bond acceptors (Lipinski definition) is 2. The molecule has 0 saturated heterocycles. The van der Waals surface area contributed by atoms with Gasteiger partial charge in [0.2, 0.25) is 0 Å². The van der Waals surface area contributed by atoms with E-state index in [1.165, 1.54) is 5.56 Å². The Hall–Kier alpha value is -1.54. The lowest BCUT2D eigenvalue weighted by Gasteiger charge is -2.11. The van der Waals surface area contributed by atoms with E-state index in [0.29, 0.717) is 0 Å².